The van der Waals surface area contributed by atoms with E-state index in [2.05, 4.69) is 25.7 Å². The quantitative estimate of drug-likeness (QED) is 0.322. The minimum absolute atomic E-state index is 0.00893. The van der Waals surface area contributed by atoms with Gasteiger partial charge in [0.05, 0.1) is 0 Å². The van der Waals surface area contributed by atoms with E-state index in [0.29, 0.717) is 18.7 Å². The maximum Gasteiger partial charge on any atom is 0.497 e. The summed E-state index contributed by atoms with van der Waals surface area (Å²) in [4.78, 5) is 40.6. The molecule has 0 spiro atoms. The van der Waals surface area contributed by atoms with Crippen molar-refractivity contribution in [3.05, 3.63) is 59.9 Å². The van der Waals surface area contributed by atoms with Crippen molar-refractivity contribution in [1.29, 1.82) is 0 Å². The molecular formula is C27H24F3N8O4+. The van der Waals surface area contributed by atoms with Crippen LogP contribution in [0, 0.1) is 0 Å². The van der Waals surface area contributed by atoms with Crippen LogP contribution in [0.5, 0.6) is 0 Å². The molecule has 2 aromatic carbocycles. The van der Waals surface area contributed by atoms with Gasteiger partial charge in [-0.2, -0.15) is 18.2 Å². The van der Waals surface area contributed by atoms with Crippen molar-refractivity contribution in [3.8, 4) is 11.3 Å². The highest BCUT2D eigenvalue weighted by Gasteiger charge is 2.58. The monoisotopic (exact) mass is 581 g/mol. The van der Waals surface area contributed by atoms with E-state index in [-0.39, 0.29) is 46.5 Å². The van der Waals surface area contributed by atoms with E-state index >= 15 is 0 Å². The van der Waals surface area contributed by atoms with Gasteiger partial charge in [0.2, 0.25) is 17.2 Å². The molecular weight excluding hydrogens is 557 g/mol. The Morgan fingerprint density at radius 1 is 1.10 bits per heavy atom. The highest BCUT2D eigenvalue weighted by molar-refractivity contribution is 6.18. The van der Waals surface area contributed by atoms with E-state index in [1.807, 2.05) is 30.3 Å². The van der Waals surface area contributed by atoms with Crippen molar-refractivity contribution in [3.63, 3.8) is 0 Å². The van der Waals surface area contributed by atoms with Gasteiger partial charge >= 0.3 is 18.0 Å². The number of amides is 1. The topological polar surface area (TPSA) is 149 Å². The standard InChI is InChI=1S/C27H23F3N8O4/c1-2-38(41-26(40)27(28,29)30)22-18(25(39)34-37-12-5-6-13-37)14-32-19(17-11-7-9-15-8-3-4-10-16(15)17)20(22)33-24(38)21-23(31)36-42-35-21/h3-4,7-11,14H,2,5-6,12-13H2,1H3,(H2-,31,34,36,39)/p+1. The molecule has 0 saturated carbocycles. The molecule has 3 N–H and O–H groups in total. The summed E-state index contributed by atoms with van der Waals surface area (Å²) in [6.45, 7) is 2.32. The van der Waals surface area contributed by atoms with Gasteiger partial charge in [-0.3, -0.25) is 20.0 Å². The van der Waals surface area contributed by atoms with Gasteiger partial charge in [0.25, 0.3) is 5.91 Å². The summed E-state index contributed by atoms with van der Waals surface area (Å²) in [5.41, 5.74) is 9.03. The van der Waals surface area contributed by atoms with Crippen LogP contribution in [0.1, 0.15) is 35.8 Å². The summed E-state index contributed by atoms with van der Waals surface area (Å²) in [5, 5.41) is 10.6. The number of alkyl halides is 3. The van der Waals surface area contributed by atoms with Gasteiger partial charge in [0.15, 0.2) is 5.69 Å². The van der Waals surface area contributed by atoms with Crippen molar-refractivity contribution in [2.45, 2.75) is 25.9 Å². The Hall–Kier alpha value is -4.89. The summed E-state index contributed by atoms with van der Waals surface area (Å²) in [6, 6.07) is 12.9. The molecule has 15 heteroatoms. The maximum absolute atomic E-state index is 13.7. The van der Waals surface area contributed by atoms with E-state index in [1.54, 1.807) is 17.1 Å². The molecule has 4 aromatic rings. The molecule has 42 heavy (non-hydrogen) atoms. The molecule has 1 fully saturated rings. The molecule has 1 unspecified atom stereocenters. The fourth-order valence-electron chi connectivity index (χ4n) is 5.31. The number of hydrogen-bond acceptors (Lipinski definition) is 10. The summed E-state index contributed by atoms with van der Waals surface area (Å²) in [6.07, 6.45) is -2.40. The first-order valence-electron chi connectivity index (χ1n) is 13.1. The number of fused-ring (bicyclic) bond motifs is 2. The number of hydroxylamine groups is 2. The first-order chi connectivity index (χ1) is 20.1. The van der Waals surface area contributed by atoms with E-state index in [9.17, 15) is 22.8 Å². The van der Waals surface area contributed by atoms with Crippen molar-refractivity contribution in [1.82, 2.24) is 30.4 Å². The van der Waals surface area contributed by atoms with Crippen LogP contribution in [0.15, 0.2) is 58.3 Å². The second-order valence-electron chi connectivity index (χ2n) is 9.75. The molecule has 4 heterocycles. The normalized spacial score (nSPS) is 18.6. The highest BCUT2D eigenvalue weighted by atomic mass is 19.4. The number of aliphatic imine (C=N–C) groups is 1. The second kappa shape index (κ2) is 10.2. The van der Waals surface area contributed by atoms with Crippen LogP contribution < -0.4 is 15.8 Å². The van der Waals surface area contributed by atoms with Gasteiger partial charge in [0, 0.05) is 24.8 Å². The molecule has 1 atom stereocenters. The Balaban J connectivity index is 1.65. The molecule has 2 aliphatic heterocycles. The number of nitrogen functional groups attached to an aromatic ring is 1. The number of carbonyl (C=O) groups excluding carboxylic acids is 2. The smallest absolute Gasteiger partial charge is 0.379 e. The van der Waals surface area contributed by atoms with Gasteiger partial charge in [-0.1, -0.05) is 42.5 Å². The molecule has 12 nitrogen and oxygen atoms in total. The number of carbonyl (C=O) groups is 2. The molecule has 0 aliphatic carbocycles. The molecule has 0 bridgehead atoms. The highest BCUT2D eigenvalue weighted by Crippen LogP contribution is 2.50. The Bertz CT molecular complexity index is 1740. The van der Waals surface area contributed by atoms with Crippen LogP contribution in [-0.2, 0) is 9.63 Å². The molecule has 1 amide bonds. The first kappa shape index (κ1) is 27.3. The number of anilines is 1. The number of pyridine rings is 1. The largest absolute Gasteiger partial charge is 0.497 e. The number of rotatable bonds is 6. The van der Waals surface area contributed by atoms with Crippen LogP contribution in [0.25, 0.3) is 22.0 Å². The number of nitrogens with zero attached hydrogens (tertiary/aromatic N) is 6. The number of benzene rings is 2. The third-order valence-electron chi connectivity index (χ3n) is 7.24. The molecule has 6 rings (SSSR count). The zero-order chi connectivity index (χ0) is 29.6. The predicted octanol–water partition coefficient (Wildman–Crippen LogP) is 4.05. The summed E-state index contributed by atoms with van der Waals surface area (Å²) >= 11 is 0. The zero-order valence-electron chi connectivity index (χ0n) is 22.2. The van der Waals surface area contributed by atoms with Crippen molar-refractivity contribution in [2.24, 2.45) is 4.99 Å². The fourth-order valence-corrected chi connectivity index (χ4v) is 5.31. The van der Waals surface area contributed by atoms with Crippen LogP contribution >= 0.6 is 0 Å². The van der Waals surface area contributed by atoms with Crippen LogP contribution in [-0.4, -0.2) is 63.8 Å². The van der Waals surface area contributed by atoms with Crippen molar-refractivity contribution >= 4 is 45.7 Å². The lowest BCUT2D eigenvalue weighted by atomic mass is 9.99. The molecule has 0 radical (unpaired) electrons. The van der Waals surface area contributed by atoms with Crippen LogP contribution in [0.2, 0.25) is 0 Å². The average Bonchev–Trinajstić information content (AvgIpc) is 3.71. The van der Waals surface area contributed by atoms with E-state index < -0.39 is 22.7 Å². The van der Waals surface area contributed by atoms with Gasteiger partial charge in [-0.25, -0.2) is 14.4 Å². The van der Waals surface area contributed by atoms with E-state index in [1.165, 1.54) is 13.1 Å². The lowest BCUT2D eigenvalue weighted by Crippen LogP contribution is -2.56. The van der Waals surface area contributed by atoms with Gasteiger partial charge < -0.3 is 5.73 Å². The lowest BCUT2D eigenvalue weighted by molar-refractivity contribution is -0.222. The van der Waals surface area contributed by atoms with Crippen molar-refractivity contribution in [2.75, 3.05) is 25.4 Å². The van der Waals surface area contributed by atoms with Gasteiger partial charge in [-0.15, -0.1) is 0 Å². The third kappa shape index (κ3) is 4.42. The third-order valence-corrected chi connectivity index (χ3v) is 7.24. The van der Waals surface area contributed by atoms with E-state index in [0.717, 1.165) is 23.6 Å². The van der Waals surface area contributed by atoms with Gasteiger partial charge in [-0.05, 0) is 45.5 Å². The Morgan fingerprint density at radius 2 is 1.83 bits per heavy atom. The molecule has 2 aliphatic rings. The number of quaternary nitrogens is 1. The Labute approximate surface area is 236 Å². The second-order valence-corrected chi connectivity index (χ2v) is 9.75. The first-order valence-corrected chi connectivity index (χ1v) is 13.1. The number of aromatic nitrogens is 3. The number of halogens is 3. The number of nitrogens with one attached hydrogen (secondary N) is 1. The van der Waals surface area contributed by atoms with Crippen LogP contribution in [0.3, 0.4) is 0 Å². The van der Waals surface area contributed by atoms with Gasteiger partial charge in [0.1, 0.15) is 17.8 Å². The van der Waals surface area contributed by atoms with E-state index in [4.69, 9.17) is 15.2 Å². The number of hydrogen-bond donors (Lipinski definition) is 2. The SMILES string of the molecule is CC[N+]1(OC(=O)C(F)(F)F)C(c2nonc2N)=Nc2c(-c3cccc4ccccc34)ncc(C(=O)NN3CCCC3)c21. The zero-order valence-corrected chi connectivity index (χ0v) is 22.2. The number of hydrazine groups is 1. The Morgan fingerprint density at radius 3 is 2.52 bits per heavy atom. The average molecular weight is 582 g/mol. The minimum atomic E-state index is -5.37. The fraction of sp³-hybridized carbons (Fsp3) is 0.259. The minimum Gasteiger partial charge on any atom is -0.379 e. The van der Waals surface area contributed by atoms with Crippen molar-refractivity contribution < 1.29 is 32.2 Å². The molecule has 1 saturated heterocycles. The summed E-state index contributed by atoms with van der Waals surface area (Å²) < 4.78 is 44.5. The lowest BCUT2D eigenvalue weighted by Gasteiger charge is -2.30. The predicted molar refractivity (Wildman–Crippen MR) is 145 cm³/mol. The molecule has 216 valence electrons. The summed E-state index contributed by atoms with van der Waals surface area (Å²) in [5.74, 6) is -3.79. The number of nitrogens with two attached hydrogens (primary N) is 1. The van der Waals surface area contributed by atoms with Crippen LogP contribution in [0.4, 0.5) is 30.4 Å². The molecule has 2 aromatic heterocycles. The summed E-state index contributed by atoms with van der Waals surface area (Å²) in [7, 11) is 0. The maximum atomic E-state index is 13.7. The Kier molecular flexibility index (Phi) is 6.62. The number of amidine groups is 1.